The summed E-state index contributed by atoms with van der Waals surface area (Å²) in [6, 6.07) is 10.3. The molecule has 0 aliphatic carbocycles. The van der Waals surface area contributed by atoms with Gasteiger partial charge in [0.25, 0.3) is 5.56 Å². The van der Waals surface area contributed by atoms with Gasteiger partial charge in [-0.15, -0.1) is 0 Å². The summed E-state index contributed by atoms with van der Waals surface area (Å²) in [5, 5.41) is 12.5. The summed E-state index contributed by atoms with van der Waals surface area (Å²) in [5.74, 6) is 0.243. The topological polar surface area (TPSA) is 83.1 Å². The van der Waals surface area contributed by atoms with Gasteiger partial charge in [0.2, 0.25) is 0 Å². The molecule has 1 aromatic carbocycles. The van der Waals surface area contributed by atoms with Crippen molar-refractivity contribution in [1.29, 1.82) is 5.26 Å². The molecule has 7 nitrogen and oxygen atoms in total. The molecule has 1 aromatic heterocycles. The molecule has 0 bridgehead atoms. The molecule has 2 aromatic rings. The quantitative estimate of drug-likeness (QED) is 0.847. The molecule has 26 heavy (non-hydrogen) atoms. The zero-order valence-corrected chi connectivity index (χ0v) is 15.9. The van der Waals surface area contributed by atoms with Crippen molar-refractivity contribution in [3.05, 3.63) is 61.8 Å². The molecule has 2 rings (SSSR count). The molecule has 0 saturated heterocycles. The maximum absolute atomic E-state index is 12.2. The van der Waals surface area contributed by atoms with E-state index in [1.165, 1.54) is 11.6 Å². The van der Waals surface area contributed by atoms with Gasteiger partial charge in [-0.05, 0) is 32.0 Å². The zero-order valence-electron chi connectivity index (χ0n) is 15.9. The van der Waals surface area contributed by atoms with Crippen molar-refractivity contribution >= 4 is 5.82 Å². The smallest absolute Gasteiger partial charge is 0.332 e. The first-order valence-electron chi connectivity index (χ1n) is 8.49. The second-order valence-corrected chi connectivity index (χ2v) is 6.67. The lowest BCUT2D eigenvalue weighted by atomic mass is 10.1. The molecule has 0 spiro atoms. The number of nitrogens with zero attached hydrogens (tertiary/aromatic N) is 4. The number of anilines is 1. The van der Waals surface area contributed by atoms with Crippen molar-refractivity contribution in [2.24, 2.45) is 14.1 Å². The summed E-state index contributed by atoms with van der Waals surface area (Å²) in [4.78, 5) is 26.5. The van der Waals surface area contributed by atoms with Crippen LogP contribution in [0.5, 0.6) is 0 Å². The molecule has 1 N–H and O–H groups in total. The van der Waals surface area contributed by atoms with E-state index in [2.05, 4.69) is 37.2 Å². The van der Waals surface area contributed by atoms with Crippen LogP contribution in [0.2, 0.25) is 0 Å². The fraction of sp³-hybridized carbons (Fsp3) is 0.421. The molecule has 0 aliphatic heterocycles. The first kappa shape index (κ1) is 19.5. The van der Waals surface area contributed by atoms with Gasteiger partial charge in [-0.3, -0.25) is 18.8 Å². The Morgan fingerprint density at radius 3 is 2.35 bits per heavy atom. The van der Waals surface area contributed by atoms with Crippen LogP contribution in [-0.4, -0.2) is 27.1 Å². The largest absolute Gasteiger partial charge is 0.366 e. The predicted octanol–water partition coefficient (Wildman–Crippen LogP) is 1.41. The second kappa shape index (κ2) is 8.02. The van der Waals surface area contributed by atoms with Crippen LogP contribution in [0.15, 0.2) is 33.9 Å². The number of hydrogen-bond donors (Lipinski definition) is 1. The highest BCUT2D eigenvalue weighted by atomic mass is 16.2. The third kappa shape index (κ3) is 3.86. The number of rotatable bonds is 6. The van der Waals surface area contributed by atoms with Crippen LogP contribution in [0.25, 0.3) is 0 Å². The SMILES string of the molecule is CC(C)N(C)Cc1ccccc1CNc1c(C#N)c(=O)n(C)c(=O)n1C. The fourth-order valence-electron chi connectivity index (χ4n) is 2.67. The summed E-state index contributed by atoms with van der Waals surface area (Å²) in [5.41, 5.74) is 1.09. The van der Waals surface area contributed by atoms with Crippen LogP contribution in [-0.2, 0) is 27.2 Å². The highest BCUT2D eigenvalue weighted by molar-refractivity contribution is 5.51. The van der Waals surface area contributed by atoms with E-state index in [9.17, 15) is 14.9 Å². The number of nitrogens with one attached hydrogen (secondary N) is 1. The van der Waals surface area contributed by atoms with E-state index in [0.717, 1.165) is 22.2 Å². The second-order valence-electron chi connectivity index (χ2n) is 6.67. The van der Waals surface area contributed by atoms with Gasteiger partial charge in [0.15, 0.2) is 5.56 Å². The average Bonchev–Trinajstić information content (AvgIpc) is 2.62. The molecule has 1 heterocycles. The minimum Gasteiger partial charge on any atom is -0.366 e. The van der Waals surface area contributed by atoms with Gasteiger partial charge in [-0.1, -0.05) is 24.3 Å². The number of nitriles is 1. The van der Waals surface area contributed by atoms with Crippen molar-refractivity contribution in [3.63, 3.8) is 0 Å². The molecule has 7 heteroatoms. The summed E-state index contributed by atoms with van der Waals surface area (Å²) in [6.07, 6.45) is 0. The Morgan fingerprint density at radius 1 is 1.15 bits per heavy atom. The van der Waals surface area contributed by atoms with Gasteiger partial charge in [0.1, 0.15) is 11.9 Å². The van der Waals surface area contributed by atoms with E-state index in [-0.39, 0.29) is 11.4 Å². The maximum atomic E-state index is 12.2. The van der Waals surface area contributed by atoms with E-state index in [1.807, 2.05) is 24.3 Å². The van der Waals surface area contributed by atoms with E-state index >= 15 is 0 Å². The third-order valence-electron chi connectivity index (χ3n) is 4.64. The van der Waals surface area contributed by atoms with Gasteiger partial charge in [0, 0.05) is 33.2 Å². The highest BCUT2D eigenvalue weighted by Gasteiger charge is 2.16. The van der Waals surface area contributed by atoms with Crippen molar-refractivity contribution in [2.75, 3.05) is 12.4 Å². The molecule has 0 amide bonds. The lowest BCUT2D eigenvalue weighted by molar-refractivity contribution is 0.265. The molecule has 0 atom stereocenters. The number of benzene rings is 1. The standard InChI is InChI=1S/C19H25N5O2/c1-13(2)22(3)12-15-9-7-6-8-14(15)11-21-17-16(10-20)18(25)24(5)19(26)23(17)4/h6-9,13,21H,11-12H2,1-5H3. The van der Waals surface area contributed by atoms with Crippen molar-refractivity contribution in [3.8, 4) is 6.07 Å². The Labute approximate surface area is 153 Å². The third-order valence-corrected chi connectivity index (χ3v) is 4.64. The van der Waals surface area contributed by atoms with Crippen LogP contribution < -0.4 is 16.6 Å². The Kier molecular flexibility index (Phi) is 6.01. The summed E-state index contributed by atoms with van der Waals surface area (Å²) in [6.45, 7) is 5.47. The first-order valence-corrected chi connectivity index (χ1v) is 8.49. The van der Waals surface area contributed by atoms with E-state index in [0.29, 0.717) is 12.6 Å². The monoisotopic (exact) mass is 355 g/mol. The van der Waals surface area contributed by atoms with Crippen LogP contribution in [0, 0.1) is 11.3 Å². The minimum absolute atomic E-state index is 0.0635. The number of aromatic nitrogens is 2. The Bertz CT molecular complexity index is 950. The van der Waals surface area contributed by atoms with Gasteiger partial charge >= 0.3 is 5.69 Å². The summed E-state index contributed by atoms with van der Waals surface area (Å²) >= 11 is 0. The Hall–Kier alpha value is -2.85. The Balaban J connectivity index is 2.35. The van der Waals surface area contributed by atoms with Crippen molar-refractivity contribution in [1.82, 2.24) is 14.0 Å². The zero-order chi connectivity index (χ0) is 19.4. The molecule has 138 valence electrons. The number of hydrogen-bond acceptors (Lipinski definition) is 5. The van der Waals surface area contributed by atoms with Crippen LogP contribution in [0.1, 0.15) is 30.5 Å². The molecule has 0 unspecified atom stereocenters. The Morgan fingerprint density at radius 2 is 1.77 bits per heavy atom. The van der Waals surface area contributed by atoms with Gasteiger partial charge in [-0.2, -0.15) is 5.26 Å². The van der Waals surface area contributed by atoms with Crippen molar-refractivity contribution < 1.29 is 0 Å². The van der Waals surface area contributed by atoms with Gasteiger partial charge in [-0.25, -0.2) is 4.79 Å². The van der Waals surface area contributed by atoms with Crippen LogP contribution in [0.4, 0.5) is 5.82 Å². The molecular weight excluding hydrogens is 330 g/mol. The molecule has 0 aliphatic rings. The van der Waals surface area contributed by atoms with E-state index < -0.39 is 11.2 Å². The molecule has 0 saturated carbocycles. The lowest BCUT2D eigenvalue weighted by Crippen LogP contribution is -2.39. The maximum Gasteiger partial charge on any atom is 0.332 e. The van der Waals surface area contributed by atoms with Crippen LogP contribution >= 0.6 is 0 Å². The van der Waals surface area contributed by atoms with E-state index in [4.69, 9.17) is 0 Å². The summed E-state index contributed by atoms with van der Waals surface area (Å²) in [7, 11) is 4.98. The highest BCUT2D eigenvalue weighted by Crippen LogP contribution is 2.15. The predicted molar refractivity (Wildman–Crippen MR) is 102 cm³/mol. The van der Waals surface area contributed by atoms with Crippen LogP contribution in [0.3, 0.4) is 0 Å². The normalized spacial score (nSPS) is 11.0. The molecular formula is C19H25N5O2. The summed E-state index contributed by atoms with van der Waals surface area (Å²) < 4.78 is 2.23. The molecule has 0 fully saturated rings. The van der Waals surface area contributed by atoms with Gasteiger partial charge in [0.05, 0.1) is 0 Å². The molecule has 0 radical (unpaired) electrons. The lowest BCUT2D eigenvalue weighted by Gasteiger charge is -2.23. The van der Waals surface area contributed by atoms with Crippen molar-refractivity contribution in [2.45, 2.75) is 33.0 Å². The first-order chi connectivity index (χ1) is 12.3. The van der Waals surface area contributed by atoms with Gasteiger partial charge < -0.3 is 5.32 Å². The fourth-order valence-corrected chi connectivity index (χ4v) is 2.67. The minimum atomic E-state index is -0.592. The van der Waals surface area contributed by atoms with E-state index in [1.54, 1.807) is 7.05 Å². The average molecular weight is 355 g/mol.